The Labute approximate surface area is 111 Å². The molecule has 0 aliphatic heterocycles. The Bertz CT molecular complexity index is 538. The topological polar surface area (TPSA) is 71.8 Å². The van der Waals surface area contributed by atoms with E-state index < -0.39 is 0 Å². The van der Waals surface area contributed by atoms with E-state index in [1.807, 2.05) is 16.8 Å². The zero-order valence-electron chi connectivity index (χ0n) is 11.0. The Hall–Kier alpha value is -2.37. The highest BCUT2D eigenvalue weighted by atomic mass is 16.1. The van der Waals surface area contributed by atoms with E-state index in [1.54, 1.807) is 31.8 Å². The summed E-state index contributed by atoms with van der Waals surface area (Å²) in [4.78, 5) is 19.5. The fourth-order valence-corrected chi connectivity index (χ4v) is 1.81. The highest BCUT2D eigenvalue weighted by Crippen LogP contribution is 2.10. The molecule has 0 fully saturated rings. The molecule has 1 atom stereocenters. The van der Waals surface area contributed by atoms with Crippen LogP contribution in [-0.4, -0.2) is 33.5 Å². The quantitative estimate of drug-likeness (QED) is 0.844. The van der Waals surface area contributed by atoms with Crippen molar-refractivity contribution in [2.45, 2.75) is 19.5 Å². The first kappa shape index (κ1) is 13.1. The predicted molar refractivity (Wildman–Crippen MR) is 72.9 cm³/mol. The van der Waals surface area contributed by atoms with Crippen LogP contribution in [0.4, 0.5) is 5.69 Å². The smallest absolute Gasteiger partial charge is 0.269 e. The molecular formula is C13H17N5O. The number of nitrogens with one attached hydrogen (secondary N) is 2. The summed E-state index contributed by atoms with van der Waals surface area (Å²) < 4.78 is 2.00. The largest absolute Gasteiger partial charge is 0.381 e. The van der Waals surface area contributed by atoms with Gasteiger partial charge in [0.25, 0.3) is 5.91 Å². The Morgan fingerprint density at radius 3 is 3.00 bits per heavy atom. The van der Waals surface area contributed by atoms with E-state index in [1.165, 1.54) is 0 Å². The van der Waals surface area contributed by atoms with Crippen molar-refractivity contribution in [3.05, 3.63) is 42.7 Å². The number of carbonyl (C=O) groups excluding carboxylic acids is 1. The molecule has 0 aromatic carbocycles. The van der Waals surface area contributed by atoms with E-state index in [0.29, 0.717) is 5.69 Å². The van der Waals surface area contributed by atoms with E-state index in [-0.39, 0.29) is 11.9 Å². The fourth-order valence-electron chi connectivity index (χ4n) is 1.81. The van der Waals surface area contributed by atoms with Gasteiger partial charge in [-0.15, -0.1) is 0 Å². The summed E-state index contributed by atoms with van der Waals surface area (Å²) >= 11 is 0. The van der Waals surface area contributed by atoms with Crippen molar-refractivity contribution in [3.63, 3.8) is 0 Å². The molecule has 2 aromatic rings. The van der Waals surface area contributed by atoms with E-state index in [0.717, 1.165) is 12.2 Å². The molecule has 0 saturated carbocycles. The van der Waals surface area contributed by atoms with Gasteiger partial charge in [-0.2, -0.15) is 0 Å². The summed E-state index contributed by atoms with van der Waals surface area (Å²) in [5.41, 5.74) is 1.28. The SMILES string of the molecule is CNC(=O)c1cc(NC(C)Cn2ccnc2)ccn1. The van der Waals surface area contributed by atoms with Crippen LogP contribution in [0.2, 0.25) is 0 Å². The zero-order valence-corrected chi connectivity index (χ0v) is 11.0. The molecule has 2 rings (SSSR count). The number of nitrogens with zero attached hydrogens (tertiary/aromatic N) is 3. The third-order valence-corrected chi connectivity index (χ3v) is 2.68. The van der Waals surface area contributed by atoms with Gasteiger partial charge < -0.3 is 15.2 Å². The molecule has 6 heteroatoms. The maximum atomic E-state index is 11.5. The summed E-state index contributed by atoms with van der Waals surface area (Å²) in [7, 11) is 1.59. The van der Waals surface area contributed by atoms with Gasteiger partial charge >= 0.3 is 0 Å². The summed E-state index contributed by atoms with van der Waals surface area (Å²) in [5.74, 6) is -0.189. The Morgan fingerprint density at radius 2 is 2.32 bits per heavy atom. The van der Waals surface area contributed by atoms with E-state index in [4.69, 9.17) is 0 Å². The molecule has 0 aliphatic carbocycles. The van der Waals surface area contributed by atoms with Crippen LogP contribution in [0.25, 0.3) is 0 Å². The van der Waals surface area contributed by atoms with Gasteiger partial charge in [0.1, 0.15) is 5.69 Å². The zero-order chi connectivity index (χ0) is 13.7. The highest BCUT2D eigenvalue weighted by Gasteiger charge is 2.07. The molecule has 2 N–H and O–H groups in total. The van der Waals surface area contributed by atoms with Crippen LogP contribution in [0.15, 0.2) is 37.1 Å². The molecule has 0 saturated heterocycles. The minimum Gasteiger partial charge on any atom is -0.381 e. The second kappa shape index (κ2) is 5.99. The van der Waals surface area contributed by atoms with Gasteiger partial charge in [-0.1, -0.05) is 0 Å². The minimum atomic E-state index is -0.189. The number of imidazole rings is 1. The van der Waals surface area contributed by atoms with Gasteiger partial charge in [0, 0.05) is 43.9 Å². The average molecular weight is 259 g/mol. The molecule has 0 radical (unpaired) electrons. The van der Waals surface area contributed by atoms with Crippen LogP contribution < -0.4 is 10.6 Å². The van der Waals surface area contributed by atoms with Crippen LogP contribution in [0.5, 0.6) is 0 Å². The predicted octanol–water partition coefficient (Wildman–Crippen LogP) is 1.14. The van der Waals surface area contributed by atoms with Crippen molar-refractivity contribution < 1.29 is 4.79 Å². The molecule has 100 valence electrons. The first-order valence-electron chi connectivity index (χ1n) is 6.09. The molecule has 2 heterocycles. The first-order chi connectivity index (χ1) is 9.19. The minimum absolute atomic E-state index is 0.189. The molecule has 1 unspecified atom stereocenters. The maximum Gasteiger partial charge on any atom is 0.269 e. The number of carbonyl (C=O) groups is 1. The lowest BCUT2D eigenvalue weighted by molar-refractivity contribution is 0.0958. The summed E-state index contributed by atoms with van der Waals surface area (Å²) in [6, 6.07) is 3.80. The van der Waals surface area contributed by atoms with Crippen molar-refractivity contribution in [1.82, 2.24) is 19.9 Å². The van der Waals surface area contributed by atoms with Gasteiger partial charge in [-0.3, -0.25) is 9.78 Å². The van der Waals surface area contributed by atoms with E-state index in [2.05, 4.69) is 27.5 Å². The normalized spacial score (nSPS) is 11.9. The molecule has 2 aromatic heterocycles. The molecule has 6 nitrogen and oxygen atoms in total. The second-order valence-corrected chi connectivity index (χ2v) is 4.31. The lowest BCUT2D eigenvalue weighted by Gasteiger charge is -2.16. The molecule has 0 bridgehead atoms. The summed E-state index contributed by atoms with van der Waals surface area (Å²) in [5, 5.41) is 5.89. The van der Waals surface area contributed by atoms with E-state index in [9.17, 15) is 4.79 Å². The van der Waals surface area contributed by atoms with Gasteiger partial charge in [0.05, 0.1) is 6.33 Å². The number of pyridine rings is 1. The summed E-state index contributed by atoms with van der Waals surface area (Å²) in [6.45, 7) is 2.87. The van der Waals surface area contributed by atoms with Gasteiger partial charge in [0.2, 0.25) is 0 Å². The van der Waals surface area contributed by atoms with Crippen LogP contribution in [0.1, 0.15) is 17.4 Å². The van der Waals surface area contributed by atoms with Crippen LogP contribution in [0.3, 0.4) is 0 Å². The number of amides is 1. The lowest BCUT2D eigenvalue weighted by atomic mass is 10.2. The molecule has 0 spiro atoms. The number of hydrogen-bond acceptors (Lipinski definition) is 4. The number of anilines is 1. The Balaban J connectivity index is 2.00. The van der Waals surface area contributed by atoms with Crippen molar-refractivity contribution in [1.29, 1.82) is 0 Å². The van der Waals surface area contributed by atoms with Crippen molar-refractivity contribution in [2.24, 2.45) is 0 Å². The third-order valence-electron chi connectivity index (χ3n) is 2.68. The maximum absolute atomic E-state index is 11.5. The average Bonchev–Trinajstić information content (AvgIpc) is 2.90. The first-order valence-corrected chi connectivity index (χ1v) is 6.09. The van der Waals surface area contributed by atoms with E-state index >= 15 is 0 Å². The lowest BCUT2D eigenvalue weighted by Crippen LogP contribution is -2.22. The fraction of sp³-hybridized carbons (Fsp3) is 0.308. The monoisotopic (exact) mass is 259 g/mol. The van der Waals surface area contributed by atoms with Gasteiger partial charge in [-0.05, 0) is 19.1 Å². The molecule has 19 heavy (non-hydrogen) atoms. The standard InChI is InChI=1S/C13H17N5O/c1-10(8-18-6-5-15-9-18)17-11-3-4-16-12(7-11)13(19)14-2/h3-7,9-10H,8H2,1-2H3,(H,14,19)(H,16,17). The van der Waals surface area contributed by atoms with Crippen molar-refractivity contribution in [2.75, 3.05) is 12.4 Å². The van der Waals surface area contributed by atoms with Crippen LogP contribution in [0, 0.1) is 0 Å². The number of hydrogen-bond donors (Lipinski definition) is 2. The third kappa shape index (κ3) is 3.54. The van der Waals surface area contributed by atoms with Crippen LogP contribution in [-0.2, 0) is 6.54 Å². The number of aromatic nitrogens is 3. The van der Waals surface area contributed by atoms with Crippen molar-refractivity contribution >= 4 is 11.6 Å². The Kier molecular flexibility index (Phi) is 4.12. The molecule has 1 amide bonds. The number of rotatable bonds is 5. The summed E-state index contributed by atoms with van der Waals surface area (Å²) in [6.07, 6.45) is 7.07. The van der Waals surface area contributed by atoms with Crippen LogP contribution >= 0.6 is 0 Å². The highest BCUT2D eigenvalue weighted by molar-refractivity contribution is 5.92. The second-order valence-electron chi connectivity index (χ2n) is 4.31. The molecular weight excluding hydrogens is 242 g/mol. The Morgan fingerprint density at radius 1 is 1.47 bits per heavy atom. The van der Waals surface area contributed by atoms with Crippen molar-refractivity contribution in [3.8, 4) is 0 Å². The van der Waals surface area contributed by atoms with Gasteiger partial charge in [0.15, 0.2) is 0 Å². The molecule has 0 aliphatic rings. The van der Waals surface area contributed by atoms with Gasteiger partial charge in [-0.25, -0.2) is 4.98 Å².